The second-order valence-electron chi connectivity index (χ2n) is 3.07. The molecule has 17 heavy (non-hydrogen) atoms. The molecule has 0 unspecified atom stereocenters. The highest BCUT2D eigenvalue weighted by molar-refractivity contribution is 5.82. The zero-order chi connectivity index (χ0) is 13.3. The lowest BCUT2D eigenvalue weighted by Gasteiger charge is -2.05. The molecular formula is C15H23NO. The van der Waals surface area contributed by atoms with Crippen molar-refractivity contribution < 1.29 is 4.74 Å². The highest BCUT2D eigenvalue weighted by Gasteiger charge is 2.07. The minimum absolute atomic E-state index is 0.827. The Labute approximate surface area is 105 Å². The van der Waals surface area contributed by atoms with E-state index >= 15 is 0 Å². The van der Waals surface area contributed by atoms with Gasteiger partial charge in [0.2, 0.25) is 0 Å². The topological polar surface area (TPSA) is 21.6 Å². The van der Waals surface area contributed by atoms with Crippen LogP contribution in [0.4, 0.5) is 5.69 Å². The van der Waals surface area contributed by atoms with E-state index in [4.69, 9.17) is 4.74 Å². The van der Waals surface area contributed by atoms with Crippen molar-refractivity contribution in [3.63, 3.8) is 0 Å². The fourth-order valence-electron chi connectivity index (χ4n) is 1.15. The van der Waals surface area contributed by atoms with Crippen LogP contribution < -0.4 is 4.74 Å². The predicted molar refractivity (Wildman–Crippen MR) is 76.3 cm³/mol. The Hall–Kier alpha value is -1.57. The largest absolute Gasteiger partial charge is 0.459 e. The van der Waals surface area contributed by atoms with Crippen LogP contribution >= 0.6 is 0 Å². The van der Waals surface area contributed by atoms with Crippen molar-refractivity contribution in [1.82, 2.24) is 0 Å². The van der Waals surface area contributed by atoms with Gasteiger partial charge in [-0.3, -0.25) is 4.99 Å². The van der Waals surface area contributed by atoms with Crippen LogP contribution in [0.1, 0.15) is 41.5 Å². The molecule has 0 aliphatic carbocycles. The normalized spacial score (nSPS) is 12.1. The molecule has 2 nitrogen and oxygen atoms in total. The third kappa shape index (κ3) is 4.43. The summed E-state index contributed by atoms with van der Waals surface area (Å²) >= 11 is 0. The summed E-state index contributed by atoms with van der Waals surface area (Å²) in [5.41, 5.74) is 1.95. The summed E-state index contributed by atoms with van der Waals surface area (Å²) < 4.78 is 5.62. The van der Waals surface area contributed by atoms with Gasteiger partial charge in [0, 0.05) is 11.8 Å². The number of nitrogens with zero attached hydrogens (tertiary/aromatic N) is 1. The molecule has 0 atom stereocenters. The second kappa shape index (κ2) is 8.57. The molecule has 0 saturated heterocycles. The molecule has 2 rings (SSSR count). The number of para-hydroxylation sites is 2. The van der Waals surface area contributed by atoms with Gasteiger partial charge in [-0.2, -0.15) is 0 Å². The number of fused-ring (bicyclic) bond motifs is 1. The van der Waals surface area contributed by atoms with Gasteiger partial charge in [-0.1, -0.05) is 39.8 Å². The van der Waals surface area contributed by atoms with Gasteiger partial charge in [-0.15, -0.1) is 0 Å². The van der Waals surface area contributed by atoms with E-state index in [2.05, 4.69) is 4.99 Å². The minimum atomic E-state index is 0.827. The zero-order valence-electron chi connectivity index (χ0n) is 11.7. The van der Waals surface area contributed by atoms with Crippen LogP contribution in [0.5, 0.6) is 5.75 Å². The Bertz CT molecular complexity index is 392. The molecule has 0 fully saturated rings. The zero-order valence-corrected chi connectivity index (χ0v) is 11.7. The first-order chi connectivity index (χ1) is 8.27. The molecule has 0 aromatic heterocycles. The van der Waals surface area contributed by atoms with Gasteiger partial charge < -0.3 is 4.74 Å². The standard InChI is InChI=1S/C11H11NO.2C2H6/c1-8-7-12-10-5-3-4-6-11(10)13-9(8)2;2*1-2/h3-7H,1-2H3;2*1-2H3. The van der Waals surface area contributed by atoms with Crippen molar-refractivity contribution in [2.45, 2.75) is 41.5 Å². The SMILES string of the molecule is CC.CC.CC1=C(C)Oc2ccccc2N=C1. The molecule has 1 aliphatic rings. The van der Waals surface area contributed by atoms with Crippen molar-refractivity contribution >= 4 is 11.9 Å². The molecule has 0 radical (unpaired) electrons. The van der Waals surface area contributed by atoms with Gasteiger partial charge in [0.25, 0.3) is 0 Å². The Balaban J connectivity index is 0.000000581. The summed E-state index contributed by atoms with van der Waals surface area (Å²) in [5, 5.41) is 0. The lowest BCUT2D eigenvalue weighted by Crippen LogP contribution is -1.92. The maximum Gasteiger partial charge on any atom is 0.152 e. The molecule has 0 saturated carbocycles. The molecule has 94 valence electrons. The summed E-state index contributed by atoms with van der Waals surface area (Å²) in [6.45, 7) is 11.9. The summed E-state index contributed by atoms with van der Waals surface area (Å²) in [7, 11) is 0. The summed E-state index contributed by atoms with van der Waals surface area (Å²) in [5.74, 6) is 1.74. The first-order valence-electron chi connectivity index (χ1n) is 6.26. The Morgan fingerprint density at radius 2 is 1.53 bits per heavy atom. The number of aliphatic imine (C=N–C) groups is 1. The maximum atomic E-state index is 5.62. The Kier molecular flexibility index (Phi) is 7.78. The van der Waals surface area contributed by atoms with E-state index in [-0.39, 0.29) is 0 Å². The van der Waals surface area contributed by atoms with Gasteiger partial charge >= 0.3 is 0 Å². The quantitative estimate of drug-likeness (QED) is 0.609. The molecule has 0 bridgehead atoms. The average Bonchev–Trinajstić information content (AvgIpc) is 2.55. The number of rotatable bonds is 0. The van der Waals surface area contributed by atoms with Crippen molar-refractivity contribution in [2.75, 3.05) is 0 Å². The van der Waals surface area contributed by atoms with Crippen molar-refractivity contribution in [2.24, 2.45) is 4.99 Å². The molecule has 2 heteroatoms. The van der Waals surface area contributed by atoms with Gasteiger partial charge in [-0.25, -0.2) is 0 Å². The molecular weight excluding hydrogens is 210 g/mol. The maximum absolute atomic E-state index is 5.62. The van der Waals surface area contributed by atoms with Gasteiger partial charge in [0.05, 0.1) is 0 Å². The Morgan fingerprint density at radius 1 is 0.941 bits per heavy atom. The highest BCUT2D eigenvalue weighted by atomic mass is 16.5. The molecule has 0 spiro atoms. The van der Waals surface area contributed by atoms with Gasteiger partial charge in [0.1, 0.15) is 11.4 Å². The fraction of sp³-hybridized carbons (Fsp3) is 0.400. The molecule has 1 aliphatic heterocycles. The lowest BCUT2D eigenvalue weighted by molar-refractivity contribution is 0.427. The van der Waals surface area contributed by atoms with Crippen LogP contribution in [0, 0.1) is 0 Å². The molecule has 1 heterocycles. The second-order valence-corrected chi connectivity index (χ2v) is 3.07. The van der Waals surface area contributed by atoms with E-state index in [0.29, 0.717) is 0 Å². The van der Waals surface area contributed by atoms with E-state index < -0.39 is 0 Å². The smallest absolute Gasteiger partial charge is 0.152 e. The first-order valence-corrected chi connectivity index (χ1v) is 6.26. The van der Waals surface area contributed by atoms with E-state index in [9.17, 15) is 0 Å². The van der Waals surface area contributed by atoms with E-state index in [1.807, 2.05) is 72.0 Å². The van der Waals surface area contributed by atoms with Crippen LogP contribution in [-0.2, 0) is 0 Å². The lowest BCUT2D eigenvalue weighted by atomic mass is 10.3. The van der Waals surface area contributed by atoms with Crippen molar-refractivity contribution in [3.05, 3.63) is 35.6 Å². The summed E-state index contributed by atoms with van der Waals surface area (Å²) in [4.78, 5) is 4.31. The van der Waals surface area contributed by atoms with Crippen LogP contribution in [0.15, 0.2) is 40.6 Å². The van der Waals surface area contributed by atoms with Gasteiger partial charge in [-0.05, 0) is 26.0 Å². The number of hydrogen-bond donors (Lipinski definition) is 0. The first kappa shape index (κ1) is 15.4. The summed E-state index contributed by atoms with van der Waals surface area (Å²) in [6.07, 6.45) is 1.83. The highest BCUT2D eigenvalue weighted by Crippen LogP contribution is 2.30. The van der Waals surface area contributed by atoms with Crippen molar-refractivity contribution in [1.29, 1.82) is 0 Å². The fourth-order valence-corrected chi connectivity index (χ4v) is 1.15. The average molecular weight is 233 g/mol. The number of ether oxygens (including phenoxy) is 1. The van der Waals surface area contributed by atoms with Crippen LogP contribution in [-0.4, -0.2) is 6.21 Å². The van der Waals surface area contributed by atoms with E-state index in [1.165, 1.54) is 0 Å². The number of allylic oxidation sites excluding steroid dienone is 2. The summed E-state index contributed by atoms with van der Waals surface area (Å²) in [6, 6.07) is 7.77. The van der Waals surface area contributed by atoms with E-state index in [1.54, 1.807) is 0 Å². The molecule has 1 aromatic rings. The van der Waals surface area contributed by atoms with Crippen LogP contribution in [0.2, 0.25) is 0 Å². The third-order valence-electron chi connectivity index (χ3n) is 2.08. The Morgan fingerprint density at radius 3 is 2.18 bits per heavy atom. The molecule has 0 N–H and O–H groups in total. The molecule has 1 aromatic carbocycles. The number of benzene rings is 1. The minimum Gasteiger partial charge on any atom is -0.459 e. The van der Waals surface area contributed by atoms with Crippen LogP contribution in [0.25, 0.3) is 0 Å². The molecule has 0 amide bonds. The van der Waals surface area contributed by atoms with Crippen molar-refractivity contribution in [3.8, 4) is 5.75 Å². The van der Waals surface area contributed by atoms with Gasteiger partial charge in [0.15, 0.2) is 5.75 Å². The number of hydrogen-bond acceptors (Lipinski definition) is 2. The van der Waals surface area contributed by atoms with E-state index in [0.717, 1.165) is 22.8 Å². The predicted octanol–water partition coefficient (Wildman–Crippen LogP) is 5.13. The monoisotopic (exact) mass is 233 g/mol. The third-order valence-corrected chi connectivity index (χ3v) is 2.08. The van der Waals surface area contributed by atoms with Crippen LogP contribution in [0.3, 0.4) is 0 Å².